The van der Waals surface area contributed by atoms with E-state index in [1.54, 1.807) is 0 Å². The third-order valence-electron chi connectivity index (χ3n) is 4.09. The summed E-state index contributed by atoms with van der Waals surface area (Å²) in [6, 6.07) is 26.5. The molecule has 0 spiro atoms. The van der Waals surface area contributed by atoms with E-state index in [2.05, 4.69) is 40.5 Å². The van der Waals surface area contributed by atoms with E-state index < -0.39 is 0 Å². The second kappa shape index (κ2) is 6.42. The highest BCUT2D eigenvalue weighted by Crippen LogP contribution is 2.33. The SMILES string of the molecule is Clc1cccc2c(-c3ccccc3)c(Cc3ccccc3)nnc12. The molecule has 116 valence electrons. The van der Waals surface area contributed by atoms with E-state index in [-0.39, 0.29) is 0 Å². The first-order chi connectivity index (χ1) is 11.8. The summed E-state index contributed by atoms with van der Waals surface area (Å²) in [5, 5.41) is 10.6. The minimum Gasteiger partial charge on any atom is -0.154 e. The Morgan fingerprint density at radius 2 is 1.42 bits per heavy atom. The molecular weight excluding hydrogens is 316 g/mol. The van der Waals surface area contributed by atoms with Gasteiger partial charge >= 0.3 is 0 Å². The third kappa shape index (κ3) is 2.77. The maximum absolute atomic E-state index is 6.33. The van der Waals surface area contributed by atoms with Crippen LogP contribution in [0.25, 0.3) is 22.0 Å². The van der Waals surface area contributed by atoms with Crippen LogP contribution in [0.5, 0.6) is 0 Å². The first-order valence-electron chi connectivity index (χ1n) is 7.86. The van der Waals surface area contributed by atoms with Crippen LogP contribution < -0.4 is 0 Å². The first kappa shape index (κ1) is 14.9. The summed E-state index contributed by atoms with van der Waals surface area (Å²) in [6.45, 7) is 0. The molecule has 0 amide bonds. The second-order valence-electron chi connectivity index (χ2n) is 5.69. The Kier molecular flexibility index (Phi) is 3.97. The van der Waals surface area contributed by atoms with Crippen molar-refractivity contribution in [1.29, 1.82) is 0 Å². The lowest BCUT2D eigenvalue weighted by atomic mass is 9.96. The summed E-state index contributed by atoms with van der Waals surface area (Å²) in [5.74, 6) is 0. The molecule has 0 aliphatic carbocycles. The van der Waals surface area contributed by atoms with E-state index >= 15 is 0 Å². The number of hydrogen-bond donors (Lipinski definition) is 0. The maximum atomic E-state index is 6.33. The van der Waals surface area contributed by atoms with E-state index in [4.69, 9.17) is 11.6 Å². The zero-order chi connectivity index (χ0) is 16.4. The molecule has 0 saturated heterocycles. The molecule has 2 nitrogen and oxygen atoms in total. The Morgan fingerprint density at radius 3 is 2.17 bits per heavy atom. The molecular formula is C21H15ClN2. The van der Waals surface area contributed by atoms with Crippen molar-refractivity contribution in [2.75, 3.05) is 0 Å². The van der Waals surface area contributed by atoms with Crippen LogP contribution in [0.3, 0.4) is 0 Å². The van der Waals surface area contributed by atoms with Crippen LogP contribution in [0.15, 0.2) is 78.9 Å². The minimum absolute atomic E-state index is 0.628. The monoisotopic (exact) mass is 330 g/mol. The lowest BCUT2D eigenvalue weighted by Crippen LogP contribution is -2.00. The van der Waals surface area contributed by atoms with Gasteiger partial charge in [-0.3, -0.25) is 0 Å². The number of aromatic nitrogens is 2. The molecule has 4 aromatic rings. The molecule has 3 aromatic carbocycles. The molecule has 0 saturated carbocycles. The molecule has 0 aliphatic rings. The van der Waals surface area contributed by atoms with Crippen molar-refractivity contribution in [2.45, 2.75) is 6.42 Å². The summed E-state index contributed by atoms with van der Waals surface area (Å²) in [7, 11) is 0. The highest BCUT2D eigenvalue weighted by Gasteiger charge is 2.14. The zero-order valence-electron chi connectivity index (χ0n) is 13.0. The van der Waals surface area contributed by atoms with E-state index in [1.165, 1.54) is 5.56 Å². The van der Waals surface area contributed by atoms with Crippen LogP contribution in [-0.4, -0.2) is 10.2 Å². The Labute approximate surface area is 145 Å². The zero-order valence-corrected chi connectivity index (χ0v) is 13.7. The summed E-state index contributed by atoms with van der Waals surface area (Å²) >= 11 is 6.33. The van der Waals surface area contributed by atoms with Gasteiger partial charge in [0.1, 0.15) is 5.52 Å². The maximum Gasteiger partial charge on any atom is 0.112 e. The topological polar surface area (TPSA) is 25.8 Å². The predicted octanol–water partition coefficient (Wildman–Crippen LogP) is 5.54. The van der Waals surface area contributed by atoms with Crippen molar-refractivity contribution in [3.05, 3.63) is 95.1 Å². The van der Waals surface area contributed by atoms with Crippen molar-refractivity contribution >= 4 is 22.5 Å². The molecule has 1 aromatic heterocycles. The van der Waals surface area contributed by atoms with Crippen LogP contribution in [-0.2, 0) is 6.42 Å². The van der Waals surface area contributed by atoms with E-state index in [9.17, 15) is 0 Å². The fourth-order valence-electron chi connectivity index (χ4n) is 2.97. The summed E-state index contributed by atoms with van der Waals surface area (Å²) in [6.07, 6.45) is 0.737. The summed E-state index contributed by atoms with van der Waals surface area (Å²) < 4.78 is 0. The van der Waals surface area contributed by atoms with Crippen molar-refractivity contribution in [3.63, 3.8) is 0 Å². The van der Waals surface area contributed by atoms with Gasteiger partial charge in [0, 0.05) is 17.4 Å². The lowest BCUT2D eigenvalue weighted by molar-refractivity contribution is 0.969. The lowest BCUT2D eigenvalue weighted by Gasteiger charge is -2.12. The average Bonchev–Trinajstić information content (AvgIpc) is 2.63. The number of hydrogen-bond acceptors (Lipinski definition) is 2. The minimum atomic E-state index is 0.628. The van der Waals surface area contributed by atoms with Crippen LogP contribution in [0, 0.1) is 0 Å². The van der Waals surface area contributed by atoms with E-state index in [0.29, 0.717) is 5.02 Å². The van der Waals surface area contributed by atoms with Gasteiger partial charge in [0.05, 0.1) is 10.7 Å². The van der Waals surface area contributed by atoms with Crippen LogP contribution >= 0.6 is 11.6 Å². The van der Waals surface area contributed by atoms with Crippen molar-refractivity contribution in [2.24, 2.45) is 0 Å². The van der Waals surface area contributed by atoms with Gasteiger partial charge in [-0.15, -0.1) is 5.10 Å². The van der Waals surface area contributed by atoms with Gasteiger partial charge in [0.25, 0.3) is 0 Å². The molecule has 0 aliphatic heterocycles. The van der Waals surface area contributed by atoms with Crippen LogP contribution in [0.2, 0.25) is 5.02 Å². The predicted molar refractivity (Wildman–Crippen MR) is 99.2 cm³/mol. The third-order valence-corrected chi connectivity index (χ3v) is 4.40. The number of halogens is 1. The molecule has 0 N–H and O–H groups in total. The molecule has 0 fully saturated rings. The fourth-order valence-corrected chi connectivity index (χ4v) is 3.19. The molecule has 4 rings (SSSR count). The molecule has 1 heterocycles. The highest BCUT2D eigenvalue weighted by atomic mass is 35.5. The number of nitrogens with zero attached hydrogens (tertiary/aromatic N) is 2. The van der Waals surface area contributed by atoms with Gasteiger partial charge in [-0.25, -0.2) is 0 Å². The van der Waals surface area contributed by atoms with Crippen LogP contribution in [0.4, 0.5) is 0 Å². The Hall–Kier alpha value is -2.71. The highest BCUT2D eigenvalue weighted by molar-refractivity contribution is 6.35. The Bertz CT molecular complexity index is 983. The summed E-state index contributed by atoms with van der Waals surface area (Å²) in [5.41, 5.74) is 5.15. The first-order valence-corrected chi connectivity index (χ1v) is 8.24. The number of benzene rings is 3. The normalized spacial score (nSPS) is 10.9. The molecule has 0 bridgehead atoms. The Morgan fingerprint density at radius 1 is 0.708 bits per heavy atom. The fraction of sp³-hybridized carbons (Fsp3) is 0.0476. The van der Waals surface area contributed by atoms with Gasteiger partial charge in [-0.05, 0) is 17.2 Å². The Balaban J connectivity index is 1.96. The number of fused-ring (bicyclic) bond motifs is 1. The molecule has 0 unspecified atom stereocenters. The van der Waals surface area contributed by atoms with Crippen molar-refractivity contribution in [1.82, 2.24) is 10.2 Å². The van der Waals surface area contributed by atoms with E-state index in [1.807, 2.05) is 48.5 Å². The van der Waals surface area contributed by atoms with Gasteiger partial charge < -0.3 is 0 Å². The second-order valence-corrected chi connectivity index (χ2v) is 6.09. The molecule has 24 heavy (non-hydrogen) atoms. The largest absolute Gasteiger partial charge is 0.154 e. The van der Waals surface area contributed by atoms with Gasteiger partial charge in [0.2, 0.25) is 0 Å². The van der Waals surface area contributed by atoms with Crippen molar-refractivity contribution < 1.29 is 0 Å². The smallest absolute Gasteiger partial charge is 0.112 e. The molecule has 0 atom stereocenters. The van der Waals surface area contributed by atoms with Crippen LogP contribution in [0.1, 0.15) is 11.3 Å². The van der Waals surface area contributed by atoms with Crippen molar-refractivity contribution in [3.8, 4) is 11.1 Å². The molecule has 0 radical (unpaired) electrons. The summed E-state index contributed by atoms with van der Waals surface area (Å²) in [4.78, 5) is 0. The van der Waals surface area contributed by atoms with E-state index in [0.717, 1.165) is 34.1 Å². The van der Waals surface area contributed by atoms with Gasteiger partial charge in [-0.1, -0.05) is 84.4 Å². The average molecular weight is 331 g/mol. The quantitative estimate of drug-likeness (QED) is 0.493. The van der Waals surface area contributed by atoms with Gasteiger partial charge in [0.15, 0.2) is 0 Å². The number of rotatable bonds is 3. The standard InChI is InChI=1S/C21H15ClN2/c22-18-13-7-12-17-20(16-10-5-2-6-11-16)19(23-24-21(17)18)14-15-8-3-1-4-9-15/h1-13H,14H2. The van der Waals surface area contributed by atoms with Gasteiger partial charge in [-0.2, -0.15) is 5.10 Å². The molecule has 3 heteroatoms.